The van der Waals surface area contributed by atoms with Gasteiger partial charge in [0.25, 0.3) is 0 Å². The van der Waals surface area contributed by atoms with Gasteiger partial charge >= 0.3 is 61.8 Å². The van der Waals surface area contributed by atoms with E-state index < -0.39 is 10.4 Å². The summed E-state index contributed by atoms with van der Waals surface area (Å²) in [7, 11) is -4.67. The molecular weight excluding hydrogens is 982 g/mol. The van der Waals surface area contributed by atoms with Gasteiger partial charge in [-0.2, -0.15) is 46.3 Å². The minimum Gasteiger partial charge on any atom is -0.870 e. The number of thioether (sulfide) groups is 10. The molecule has 4 aliphatic heterocycles. The maximum atomic E-state index is 9.04. The Morgan fingerprint density at radius 3 is 1.12 bits per heavy atom. The quantitative estimate of drug-likeness (QED) is 0.0606. The van der Waals surface area contributed by atoms with Gasteiger partial charge in [-0.3, -0.25) is 9.11 Å². The van der Waals surface area contributed by atoms with Crippen molar-refractivity contribution in [3.63, 3.8) is 0 Å². The van der Waals surface area contributed by atoms with Crippen LogP contribution >= 0.6 is 190 Å². The summed E-state index contributed by atoms with van der Waals surface area (Å²) in [6, 6.07) is 0. The van der Waals surface area contributed by atoms with Crippen molar-refractivity contribution < 1.29 is 79.2 Å². The number of rotatable bonds is 5. The van der Waals surface area contributed by atoms with E-state index in [1.54, 1.807) is 35.3 Å². The van der Waals surface area contributed by atoms with Gasteiger partial charge in [-0.25, -0.2) is 0 Å². The van der Waals surface area contributed by atoms with Crippen LogP contribution in [0.15, 0.2) is 32.4 Å². The van der Waals surface area contributed by atoms with Crippen molar-refractivity contribution in [1.82, 2.24) is 0 Å². The van der Waals surface area contributed by atoms with Crippen molar-refractivity contribution in [2.45, 2.75) is 60.9 Å². The van der Waals surface area contributed by atoms with E-state index in [0.717, 1.165) is 37.5 Å². The molecule has 284 valence electrons. The van der Waals surface area contributed by atoms with Crippen molar-refractivity contribution in [3.8, 4) is 0 Å². The standard InChI is InChI=1S/C6H9Cl3S3.C6H12S3.C6H6S3.C3H6S2.C2H3ClO.CH4.K.H2O4S.H2O.H2S/c7-1-4-10-5(2-8)12-6(3-9)11-4;2*1-4-7-5(2)9-6(3)8-4;4-1-3-2-5-3;3-1-2-4;;;1-5(2,3)4;;/h4-6H,1-3H2;4-6H,1-3H3;1-3H2;3-4H,1-2H2;2H,1H2;1H4;;(H2,1,2,3,4);2*1H2/q;;;;;;+1;;;/p-1. The SMILES string of the molecule is C.C=C1SC(=C)SC(=C)S1.CC1SC(C)SC(C)S1.ClCC1SC(CCl)SC(CCl)S1.O=CCCl.O=S(=O)(O)O.S.SCC1CS1.[K+].[OH-]. The third-order valence-electron chi connectivity index (χ3n) is 3.79. The molecule has 0 saturated carbocycles. The van der Waals surface area contributed by atoms with E-state index in [-0.39, 0.29) is 83.7 Å². The number of hydrogen-bond donors (Lipinski definition) is 3. The smallest absolute Gasteiger partial charge is 0.870 e. The van der Waals surface area contributed by atoms with Crippen LogP contribution in [0.1, 0.15) is 28.2 Å². The average molecular weight is 1030 g/mol. The van der Waals surface area contributed by atoms with Gasteiger partial charge < -0.3 is 10.3 Å². The van der Waals surface area contributed by atoms with Gasteiger partial charge in [-0.1, -0.05) is 62.4 Å². The first-order chi connectivity index (χ1) is 20.5. The molecule has 24 heteroatoms. The Balaban J connectivity index is -0.000000113. The number of alkyl halides is 4. The average Bonchev–Trinajstić information content (AvgIpc) is 3.76. The van der Waals surface area contributed by atoms with Gasteiger partial charge in [0.2, 0.25) is 0 Å². The molecule has 4 rings (SSSR count). The van der Waals surface area contributed by atoms with E-state index in [4.69, 9.17) is 68.7 Å². The first kappa shape index (κ1) is 65.6. The fourth-order valence-electron chi connectivity index (χ4n) is 2.35. The molecule has 0 aromatic heterocycles. The molecule has 4 fully saturated rings. The fraction of sp³-hybridized carbons (Fsp3) is 0.708. The minimum absolute atomic E-state index is 0. The maximum absolute atomic E-state index is 9.04. The number of carbonyl (C=O) groups is 1. The molecule has 4 heterocycles. The van der Waals surface area contributed by atoms with E-state index >= 15 is 0 Å². The summed E-state index contributed by atoms with van der Waals surface area (Å²) in [6.07, 6.45) is 0.640. The number of carbonyl (C=O) groups excluding carboxylic acids is 1. The number of aldehydes is 1. The summed E-state index contributed by atoms with van der Waals surface area (Å²) >= 11 is 44.9. The summed E-state index contributed by atoms with van der Waals surface area (Å²) in [5.41, 5.74) is 0. The molecule has 0 bridgehead atoms. The summed E-state index contributed by atoms with van der Waals surface area (Å²) in [4.78, 5) is 9.04. The predicted molar refractivity (Wildman–Crippen MR) is 248 cm³/mol. The Kier molecular flexibility index (Phi) is 55.9. The second-order valence-corrected chi connectivity index (χ2v) is 26.9. The van der Waals surface area contributed by atoms with E-state index in [9.17, 15) is 0 Å². The van der Waals surface area contributed by atoms with E-state index in [0.29, 0.717) is 37.7 Å². The number of thiol groups is 1. The van der Waals surface area contributed by atoms with Gasteiger partial charge in [-0.05, 0) is 20.8 Å². The molecule has 4 aliphatic rings. The molecular formula is C24H45Cl4KO6S13. The van der Waals surface area contributed by atoms with Crippen LogP contribution < -0.4 is 51.4 Å². The van der Waals surface area contributed by atoms with Crippen LogP contribution in [0.4, 0.5) is 0 Å². The largest absolute Gasteiger partial charge is 1.00 e. The van der Waals surface area contributed by atoms with Gasteiger partial charge in [-0.15, -0.1) is 117 Å². The van der Waals surface area contributed by atoms with Gasteiger partial charge in [0, 0.05) is 60.9 Å². The summed E-state index contributed by atoms with van der Waals surface area (Å²) < 4.78 is 38.6. The van der Waals surface area contributed by atoms with Crippen molar-refractivity contribution in [3.05, 3.63) is 32.4 Å². The molecule has 0 aromatic carbocycles. The molecule has 1 atom stereocenters. The van der Waals surface area contributed by atoms with Crippen LogP contribution in [-0.4, -0.2) is 97.1 Å². The van der Waals surface area contributed by atoms with Crippen LogP contribution in [0.2, 0.25) is 0 Å². The molecule has 4 saturated heterocycles. The van der Waals surface area contributed by atoms with Gasteiger partial charge in [0.15, 0.2) is 0 Å². The zero-order valence-electron chi connectivity index (χ0n) is 26.0. The van der Waals surface area contributed by atoms with E-state index in [1.807, 2.05) is 47.0 Å². The normalized spacial score (nSPS) is 26.8. The van der Waals surface area contributed by atoms with E-state index in [1.165, 1.54) is 5.75 Å². The molecule has 48 heavy (non-hydrogen) atoms. The maximum Gasteiger partial charge on any atom is 1.00 e. The molecule has 0 aromatic rings. The van der Waals surface area contributed by atoms with Crippen LogP contribution in [0.25, 0.3) is 0 Å². The van der Waals surface area contributed by atoms with Crippen molar-refractivity contribution in [2.75, 3.05) is 35.0 Å². The molecule has 0 spiro atoms. The molecule has 6 nitrogen and oxygen atoms in total. The third-order valence-corrected chi connectivity index (χ3v) is 19.6. The monoisotopic (exact) mass is 1020 g/mol. The van der Waals surface area contributed by atoms with Crippen molar-refractivity contribution in [2.24, 2.45) is 0 Å². The third kappa shape index (κ3) is 46.1. The number of hydrogen-bond acceptors (Lipinski definition) is 15. The minimum atomic E-state index is -4.67. The summed E-state index contributed by atoms with van der Waals surface area (Å²) in [5, 5.41) is 0.915. The Hall–Kier alpha value is 5.72. The Labute approximate surface area is 407 Å². The fourth-order valence-corrected chi connectivity index (χ4v) is 19.5. The molecule has 1 unspecified atom stereocenters. The molecule has 0 radical (unpaired) electrons. The Bertz CT molecular complexity index is 838. The van der Waals surface area contributed by atoms with Crippen LogP contribution in [-0.2, 0) is 15.2 Å². The summed E-state index contributed by atoms with van der Waals surface area (Å²) in [5.74, 6) is 4.57. The number of halogens is 4. The van der Waals surface area contributed by atoms with E-state index in [2.05, 4.69) is 88.4 Å². The first-order valence-electron chi connectivity index (χ1n) is 12.1. The molecule has 0 aliphatic carbocycles. The molecule has 3 N–H and O–H groups in total. The van der Waals surface area contributed by atoms with Gasteiger partial charge in [0.05, 0.1) is 19.6 Å². The first-order valence-corrected chi connectivity index (χ1v) is 25.5. The Morgan fingerprint density at radius 1 is 0.771 bits per heavy atom. The van der Waals surface area contributed by atoms with Crippen LogP contribution in [0, 0.1) is 0 Å². The zero-order chi connectivity index (χ0) is 34.3. The van der Waals surface area contributed by atoms with Crippen molar-refractivity contribution in [1.29, 1.82) is 0 Å². The van der Waals surface area contributed by atoms with Crippen LogP contribution in [0.3, 0.4) is 0 Å². The van der Waals surface area contributed by atoms with Crippen LogP contribution in [0.5, 0.6) is 0 Å². The van der Waals surface area contributed by atoms with Gasteiger partial charge in [0.1, 0.15) is 6.29 Å². The topological polar surface area (TPSA) is 122 Å². The molecule has 0 amide bonds. The second kappa shape index (κ2) is 40.9. The zero-order valence-corrected chi connectivity index (χ0v) is 43.0. The summed E-state index contributed by atoms with van der Waals surface area (Å²) in [6.45, 7) is 18.3. The Morgan fingerprint density at radius 2 is 1.00 bits per heavy atom. The van der Waals surface area contributed by atoms with Crippen molar-refractivity contribution >= 4 is 207 Å². The second-order valence-electron chi connectivity index (χ2n) is 7.60. The predicted octanol–water partition coefficient (Wildman–Crippen LogP) is 9.12.